The lowest BCUT2D eigenvalue weighted by atomic mass is 9.82. The predicted molar refractivity (Wildman–Crippen MR) is 189 cm³/mol. The second-order valence-electron chi connectivity index (χ2n) is 12.7. The monoisotopic (exact) mass is 680 g/mol. The Morgan fingerprint density at radius 3 is 2.20 bits per heavy atom. The van der Waals surface area contributed by atoms with E-state index in [2.05, 4.69) is 11.9 Å². The van der Waals surface area contributed by atoms with E-state index in [4.69, 9.17) is 10.7 Å². The van der Waals surface area contributed by atoms with Gasteiger partial charge in [0, 0.05) is 11.1 Å². The highest BCUT2D eigenvalue weighted by Crippen LogP contribution is 2.33. The zero-order chi connectivity index (χ0) is 36.0. The zero-order valence-corrected chi connectivity index (χ0v) is 27.9. The number of halogens is 3. The summed E-state index contributed by atoms with van der Waals surface area (Å²) < 4.78 is 39.6. The second-order valence-corrected chi connectivity index (χ2v) is 12.7. The van der Waals surface area contributed by atoms with Crippen molar-refractivity contribution in [1.29, 1.82) is 0 Å². The van der Waals surface area contributed by atoms with Crippen LogP contribution < -0.4 is 16.0 Å². The number of allylic oxidation sites excluding steroid dienone is 1. The van der Waals surface area contributed by atoms with Gasteiger partial charge >= 0.3 is 6.18 Å². The Bertz CT molecular complexity index is 1890. The molecule has 1 heterocycles. The zero-order valence-electron chi connectivity index (χ0n) is 27.9. The number of anilines is 1. The molecule has 1 unspecified atom stereocenters. The highest BCUT2D eigenvalue weighted by molar-refractivity contribution is 6.20. The first-order chi connectivity index (χ1) is 23.9. The normalized spacial score (nSPS) is 15.8. The molecule has 0 saturated heterocycles. The smallest absolute Gasteiger partial charge is 0.369 e. The Balaban J connectivity index is 1.56. The maximum Gasteiger partial charge on any atom is 0.416 e. The number of carbonyl (C=O) groups is 3. The summed E-state index contributed by atoms with van der Waals surface area (Å²) in [6.07, 6.45) is -3.70. The van der Waals surface area contributed by atoms with Crippen LogP contribution in [0.1, 0.15) is 48.9 Å². The lowest BCUT2D eigenvalue weighted by Crippen LogP contribution is -2.50. The molecule has 0 spiro atoms. The molecule has 3 atom stereocenters. The molecule has 4 aromatic rings. The van der Waals surface area contributed by atoms with Gasteiger partial charge in [0.25, 0.3) is 5.91 Å². The molecular weight excluding hydrogens is 641 g/mol. The molecule has 5 rings (SSSR count). The molecule has 0 saturated carbocycles. The van der Waals surface area contributed by atoms with Crippen molar-refractivity contribution in [2.24, 2.45) is 28.5 Å². The van der Waals surface area contributed by atoms with E-state index in [-0.39, 0.29) is 18.9 Å². The van der Waals surface area contributed by atoms with Crippen LogP contribution in [0.15, 0.2) is 121 Å². The van der Waals surface area contributed by atoms with Crippen LogP contribution in [-0.4, -0.2) is 29.6 Å². The first-order valence-electron chi connectivity index (χ1n) is 16.4. The minimum atomic E-state index is -4.45. The summed E-state index contributed by atoms with van der Waals surface area (Å²) in [5.41, 5.74) is 9.44. The van der Waals surface area contributed by atoms with E-state index in [1.54, 1.807) is 23.1 Å². The highest BCUT2D eigenvalue weighted by Gasteiger charge is 2.38. The number of nitrogens with two attached hydrogens (primary N) is 1. The predicted octanol–water partition coefficient (Wildman–Crippen LogP) is 7.54. The van der Waals surface area contributed by atoms with E-state index < -0.39 is 47.5 Å². The molecule has 0 radical (unpaired) electrons. The summed E-state index contributed by atoms with van der Waals surface area (Å²) in [6, 6.07) is 28.8. The van der Waals surface area contributed by atoms with Crippen LogP contribution in [0.25, 0.3) is 11.1 Å². The Kier molecular flexibility index (Phi) is 11.0. The average Bonchev–Trinajstić information content (AvgIpc) is 3.20. The number of hydrogen-bond acceptors (Lipinski definition) is 4. The number of nitrogens with zero attached hydrogens (tertiary/aromatic N) is 2. The van der Waals surface area contributed by atoms with E-state index in [1.165, 1.54) is 12.1 Å². The van der Waals surface area contributed by atoms with Crippen molar-refractivity contribution in [3.05, 3.63) is 138 Å². The summed E-state index contributed by atoms with van der Waals surface area (Å²) >= 11 is 0. The molecule has 258 valence electrons. The Hall–Kier alpha value is -5.51. The molecule has 1 aliphatic rings. The number of amides is 3. The summed E-state index contributed by atoms with van der Waals surface area (Å²) in [4.78, 5) is 47.5. The quantitative estimate of drug-likeness (QED) is 0.151. The van der Waals surface area contributed by atoms with Gasteiger partial charge in [-0.25, -0.2) is 4.99 Å². The van der Waals surface area contributed by atoms with Crippen LogP contribution in [0.5, 0.6) is 0 Å². The van der Waals surface area contributed by atoms with Gasteiger partial charge in [-0.1, -0.05) is 98.8 Å². The number of nitrogens with one attached hydrogen (secondary N) is 1. The fourth-order valence-corrected chi connectivity index (χ4v) is 6.26. The number of hydrogen-bond donors (Lipinski definition) is 2. The van der Waals surface area contributed by atoms with Gasteiger partial charge in [0.1, 0.15) is 0 Å². The maximum absolute atomic E-state index is 14.6. The lowest BCUT2D eigenvalue weighted by molar-refractivity contribution is -0.137. The fraction of sp³-hybridized carbons (Fsp3) is 0.250. The topological polar surface area (TPSA) is 105 Å². The van der Waals surface area contributed by atoms with Gasteiger partial charge in [0.05, 0.1) is 35.3 Å². The molecular formula is C40H39F3N4O3. The van der Waals surface area contributed by atoms with E-state index in [0.29, 0.717) is 40.1 Å². The van der Waals surface area contributed by atoms with Gasteiger partial charge in [-0.15, -0.1) is 6.58 Å². The van der Waals surface area contributed by atoms with Crippen molar-refractivity contribution in [2.45, 2.75) is 45.6 Å². The van der Waals surface area contributed by atoms with Crippen LogP contribution >= 0.6 is 0 Å². The summed E-state index contributed by atoms with van der Waals surface area (Å²) in [7, 11) is 0. The number of alkyl halides is 3. The SMILES string of the molecule is C=CCC(C(N)=O)[C@H](CC(C)C)C(=O)N[C@H]1N=C(c2ccccc2)c2ccccc2N(Cc2cccc(-c3ccc(C(F)(F)F)cc3)c2)C1=O. The van der Waals surface area contributed by atoms with E-state index >= 15 is 0 Å². The van der Waals surface area contributed by atoms with Crippen molar-refractivity contribution in [3.63, 3.8) is 0 Å². The largest absolute Gasteiger partial charge is 0.416 e. The molecule has 10 heteroatoms. The van der Waals surface area contributed by atoms with Gasteiger partial charge in [0.15, 0.2) is 0 Å². The number of aliphatic imine (C=N–C) groups is 1. The molecule has 0 aromatic heterocycles. The minimum Gasteiger partial charge on any atom is -0.369 e. The van der Waals surface area contributed by atoms with Crippen molar-refractivity contribution in [2.75, 3.05) is 4.90 Å². The van der Waals surface area contributed by atoms with Crippen molar-refractivity contribution in [3.8, 4) is 11.1 Å². The number of para-hydroxylation sites is 1. The molecule has 1 aliphatic heterocycles. The third-order valence-electron chi connectivity index (χ3n) is 8.68. The van der Waals surface area contributed by atoms with Crippen molar-refractivity contribution >= 4 is 29.1 Å². The van der Waals surface area contributed by atoms with Crippen LogP contribution in [0, 0.1) is 17.8 Å². The highest BCUT2D eigenvalue weighted by atomic mass is 19.4. The minimum absolute atomic E-state index is 0.0447. The second kappa shape index (κ2) is 15.4. The van der Waals surface area contributed by atoms with E-state index in [1.807, 2.05) is 80.6 Å². The molecule has 0 fully saturated rings. The van der Waals surface area contributed by atoms with Crippen LogP contribution in [0.3, 0.4) is 0 Å². The number of fused-ring (bicyclic) bond motifs is 1. The van der Waals surface area contributed by atoms with Crippen LogP contribution in [-0.2, 0) is 27.1 Å². The summed E-state index contributed by atoms with van der Waals surface area (Å²) in [5, 5.41) is 2.86. The molecule has 7 nitrogen and oxygen atoms in total. The number of rotatable bonds is 12. The summed E-state index contributed by atoms with van der Waals surface area (Å²) in [6.45, 7) is 7.68. The third-order valence-corrected chi connectivity index (χ3v) is 8.68. The number of benzene rings is 4. The van der Waals surface area contributed by atoms with Gasteiger partial charge in [-0.05, 0) is 59.7 Å². The lowest BCUT2D eigenvalue weighted by Gasteiger charge is -2.28. The summed E-state index contributed by atoms with van der Waals surface area (Å²) in [5.74, 6) is -3.26. The average molecular weight is 681 g/mol. The molecule has 4 aromatic carbocycles. The Morgan fingerprint density at radius 1 is 0.900 bits per heavy atom. The van der Waals surface area contributed by atoms with Crippen molar-refractivity contribution in [1.82, 2.24) is 5.32 Å². The molecule has 3 amide bonds. The molecule has 0 aliphatic carbocycles. The maximum atomic E-state index is 14.6. The first kappa shape index (κ1) is 35.8. The van der Waals surface area contributed by atoms with Gasteiger partial charge < -0.3 is 16.0 Å². The fourth-order valence-electron chi connectivity index (χ4n) is 6.26. The van der Waals surface area contributed by atoms with E-state index in [0.717, 1.165) is 17.7 Å². The molecule has 3 N–H and O–H groups in total. The molecule has 0 bridgehead atoms. The van der Waals surface area contributed by atoms with Crippen LogP contribution in [0.4, 0.5) is 18.9 Å². The molecule has 50 heavy (non-hydrogen) atoms. The first-order valence-corrected chi connectivity index (χ1v) is 16.4. The van der Waals surface area contributed by atoms with Crippen molar-refractivity contribution < 1.29 is 27.6 Å². The van der Waals surface area contributed by atoms with E-state index in [9.17, 15) is 27.6 Å². The Labute approximate surface area is 289 Å². The van der Waals surface area contributed by atoms with Gasteiger partial charge in [-0.3, -0.25) is 14.4 Å². The van der Waals surface area contributed by atoms with Crippen LogP contribution in [0.2, 0.25) is 0 Å². The standard InChI is InChI=1S/C40H39F3N4O3/c1-4-11-31(36(44)48)33(22-25(2)3)38(49)46-37-39(50)47(34-17-9-8-16-32(34)35(45-37)28-13-6-5-7-14-28)24-26-12-10-15-29(23-26)27-18-20-30(21-19-27)40(41,42)43/h4-10,12-21,23,25,31,33,37H,1,11,22,24H2,2-3H3,(H2,44,48)(H,46,49)/t31?,33-,37+/m0/s1. The van der Waals surface area contributed by atoms with Gasteiger partial charge in [-0.2, -0.15) is 13.2 Å². The Morgan fingerprint density at radius 2 is 1.56 bits per heavy atom. The number of benzodiazepines with no additional fused rings is 1. The number of carbonyl (C=O) groups excluding carboxylic acids is 3. The van der Waals surface area contributed by atoms with Gasteiger partial charge in [0.2, 0.25) is 18.0 Å². The third kappa shape index (κ3) is 8.19. The number of primary amides is 1.